The molecule has 0 amide bonds. The van der Waals surface area contributed by atoms with Crippen LogP contribution in [0, 0.1) is 12.8 Å². The largest absolute Gasteiger partial charge is 0.260 e. The average Bonchev–Trinajstić information content (AvgIpc) is 2.87. The van der Waals surface area contributed by atoms with E-state index in [1.807, 2.05) is 17.5 Å². The molecule has 1 aromatic heterocycles. The van der Waals surface area contributed by atoms with Gasteiger partial charge in [0.2, 0.25) is 0 Å². The first-order chi connectivity index (χ1) is 7.83. The summed E-state index contributed by atoms with van der Waals surface area (Å²) in [6.07, 6.45) is 11.6. The summed E-state index contributed by atoms with van der Waals surface area (Å²) in [5.41, 5.74) is 2.59. The van der Waals surface area contributed by atoms with Gasteiger partial charge in [0.05, 0.1) is 5.71 Å². The molecule has 0 radical (unpaired) electrons. The second kappa shape index (κ2) is 3.87. The Morgan fingerprint density at radius 3 is 3.06 bits per heavy atom. The summed E-state index contributed by atoms with van der Waals surface area (Å²) in [6.45, 7) is 2.15. The predicted molar refractivity (Wildman–Crippen MR) is 70.0 cm³/mol. The SMILES string of the molecule is Cc1ccc(CC2=CC=CC3C=CN=C23)s1. The number of hydrogen-bond donors (Lipinski definition) is 0. The van der Waals surface area contributed by atoms with Crippen LogP contribution >= 0.6 is 11.3 Å². The molecule has 2 heteroatoms. The Balaban J connectivity index is 1.85. The molecular weight excluding hydrogens is 214 g/mol. The van der Waals surface area contributed by atoms with Gasteiger partial charge in [-0.15, -0.1) is 11.3 Å². The van der Waals surface area contributed by atoms with Crippen molar-refractivity contribution in [3.63, 3.8) is 0 Å². The van der Waals surface area contributed by atoms with E-state index in [1.165, 1.54) is 21.0 Å². The Morgan fingerprint density at radius 2 is 2.25 bits per heavy atom. The Morgan fingerprint density at radius 1 is 1.31 bits per heavy atom. The van der Waals surface area contributed by atoms with Gasteiger partial charge in [-0.3, -0.25) is 4.99 Å². The van der Waals surface area contributed by atoms with Crippen LogP contribution in [0.25, 0.3) is 0 Å². The van der Waals surface area contributed by atoms with E-state index in [0.29, 0.717) is 5.92 Å². The Labute approximate surface area is 99.5 Å². The normalized spacial score (nSPS) is 21.9. The van der Waals surface area contributed by atoms with E-state index in [2.05, 4.69) is 48.4 Å². The van der Waals surface area contributed by atoms with Crippen molar-refractivity contribution >= 4 is 17.0 Å². The lowest BCUT2D eigenvalue weighted by molar-refractivity contribution is 1.11. The summed E-state index contributed by atoms with van der Waals surface area (Å²) < 4.78 is 0. The zero-order chi connectivity index (χ0) is 11.0. The lowest BCUT2D eigenvalue weighted by Crippen LogP contribution is -2.14. The highest BCUT2D eigenvalue weighted by molar-refractivity contribution is 7.11. The van der Waals surface area contributed by atoms with Crippen molar-refractivity contribution in [2.24, 2.45) is 10.9 Å². The minimum absolute atomic E-state index is 0.418. The standard InChI is InChI=1S/C14H13NS/c1-10-5-6-13(16-10)9-12-4-2-3-11-7-8-15-14(11)12/h2-8,11H,9H2,1H3. The monoisotopic (exact) mass is 227 g/mol. The van der Waals surface area contributed by atoms with Crippen LogP contribution in [0.2, 0.25) is 0 Å². The van der Waals surface area contributed by atoms with Gasteiger partial charge in [0.15, 0.2) is 0 Å². The van der Waals surface area contributed by atoms with Gasteiger partial charge in [-0.05, 0) is 24.6 Å². The van der Waals surface area contributed by atoms with E-state index < -0.39 is 0 Å². The molecule has 1 aliphatic carbocycles. The molecular formula is C14H13NS. The molecule has 0 fully saturated rings. The summed E-state index contributed by atoms with van der Waals surface area (Å²) >= 11 is 1.88. The fourth-order valence-corrected chi connectivity index (χ4v) is 3.05. The van der Waals surface area contributed by atoms with E-state index in [1.54, 1.807) is 0 Å². The summed E-state index contributed by atoms with van der Waals surface area (Å²) in [6, 6.07) is 4.41. The second-order valence-corrected chi connectivity index (χ2v) is 5.52. The first-order valence-electron chi connectivity index (χ1n) is 5.50. The topological polar surface area (TPSA) is 12.4 Å². The summed E-state index contributed by atoms with van der Waals surface area (Å²) in [7, 11) is 0. The van der Waals surface area contributed by atoms with Crippen LogP contribution in [0.3, 0.4) is 0 Å². The second-order valence-electron chi connectivity index (χ2n) is 4.15. The van der Waals surface area contributed by atoms with Gasteiger partial charge in [0, 0.05) is 28.3 Å². The van der Waals surface area contributed by atoms with Gasteiger partial charge in [0.25, 0.3) is 0 Å². The van der Waals surface area contributed by atoms with Crippen molar-refractivity contribution in [2.75, 3.05) is 0 Å². The molecule has 1 aromatic rings. The quantitative estimate of drug-likeness (QED) is 0.731. The number of thiophene rings is 1. The van der Waals surface area contributed by atoms with Crippen LogP contribution in [-0.2, 0) is 6.42 Å². The number of hydrogen-bond acceptors (Lipinski definition) is 2. The highest BCUT2D eigenvalue weighted by atomic mass is 32.1. The van der Waals surface area contributed by atoms with E-state index in [4.69, 9.17) is 0 Å². The minimum atomic E-state index is 0.418. The molecule has 1 unspecified atom stereocenters. The van der Waals surface area contributed by atoms with Crippen LogP contribution < -0.4 is 0 Å². The van der Waals surface area contributed by atoms with Gasteiger partial charge in [0.1, 0.15) is 0 Å². The number of aliphatic imine (C=N–C) groups is 1. The molecule has 0 bridgehead atoms. The van der Waals surface area contributed by atoms with Gasteiger partial charge in [-0.25, -0.2) is 0 Å². The van der Waals surface area contributed by atoms with E-state index >= 15 is 0 Å². The molecule has 0 saturated carbocycles. The molecule has 1 nitrogen and oxygen atoms in total. The van der Waals surface area contributed by atoms with Gasteiger partial charge >= 0.3 is 0 Å². The van der Waals surface area contributed by atoms with Crippen LogP contribution in [0.5, 0.6) is 0 Å². The van der Waals surface area contributed by atoms with E-state index in [9.17, 15) is 0 Å². The van der Waals surface area contributed by atoms with Crippen molar-refractivity contribution < 1.29 is 0 Å². The number of fused-ring (bicyclic) bond motifs is 1. The molecule has 0 spiro atoms. The third-order valence-corrected chi connectivity index (χ3v) is 3.93. The van der Waals surface area contributed by atoms with Crippen molar-refractivity contribution in [2.45, 2.75) is 13.3 Å². The fraction of sp³-hybridized carbons (Fsp3) is 0.214. The maximum atomic E-state index is 4.46. The molecule has 16 heavy (non-hydrogen) atoms. The Bertz CT molecular complexity index is 529. The molecule has 3 rings (SSSR count). The summed E-state index contributed by atoms with van der Waals surface area (Å²) in [4.78, 5) is 7.27. The molecule has 0 saturated heterocycles. The first-order valence-corrected chi connectivity index (χ1v) is 6.32. The summed E-state index contributed by atoms with van der Waals surface area (Å²) in [5, 5.41) is 0. The Hall–Kier alpha value is -1.41. The molecule has 80 valence electrons. The third-order valence-electron chi connectivity index (χ3n) is 2.93. The van der Waals surface area contributed by atoms with Crippen LogP contribution in [0.15, 0.2) is 53.2 Å². The highest BCUT2D eigenvalue weighted by Crippen LogP contribution is 2.26. The maximum absolute atomic E-state index is 4.46. The zero-order valence-corrected chi connectivity index (χ0v) is 10.00. The van der Waals surface area contributed by atoms with Crippen LogP contribution in [0.1, 0.15) is 9.75 Å². The third kappa shape index (κ3) is 1.69. The average molecular weight is 227 g/mol. The van der Waals surface area contributed by atoms with Crippen molar-refractivity contribution in [3.05, 3.63) is 58.0 Å². The molecule has 1 aliphatic heterocycles. The van der Waals surface area contributed by atoms with Gasteiger partial charge in [-0.1, -0.05) is 24.3 Å². The van der Waals surface area contributed by atoms with Crippen LogP contribution in [0.4, 0.5) is 0 Å². The molecule has 1 atom stereocenters. The van der Waals surface area contributed by atoms with Crippen molar-refractivity contribution in [1.82, 2.24) is 0 Å². The van der Waals surface area contributed by atoms with E-state index in [-0.39, 0.29) is 0 Å². The smallest absolute Gasteiger partial charge is 0.0546 e. The zero-order valence-electron chi connectivity index (χ0n) is 9.18. The first kappa shape index (κ1) is 9.79. The maximum Gasteiger partial charge on any atom is 0.0546 e. The predicted octanol–water partition coefficient (Wildman–Crippen LogP) is 3.68. The lowest BCUT2D eigenvalue weighted by atomic mass is 9.91. The van der Waals surface area contributed by atoms with Crippen LogP contribution in [-0.4, -0.2) is 5.71 Å². The molecule has 0 aromatic carbocycles. The number of nitrogens with zero attached hydrogens (tertiary/aromatic N) is 1. The lowest BCUT2D eigenvalue weighted by Gasteiger charge is -2.14. The number of rotatable bonds is 2. The van der Waals surface area contributed by atoms with Gasteiger partial charge < -0.3 is 0 Å². The van der Waals surface area contributed by atoms with Gasteiger partial charge in [-0.2, -0.15) is 0 Å². The molecule has 2 aliphatic rings. The summed E-state index contributed by atoms with van der Waals surface area (Å²) in [5.74, 6) is 0.418. The highest BCUT2D eigenvalue weighted by Gasteiger charge is 2.20. The number of aryl methyl sites for hydroxylation is 1. The molecule has 0 N–H and O–H groups in total. The van der Waals surface area contributed by atoms with E-state index in [0.717, 1.165) is 6.42 Å². The van der Waals surface area contributed by atoms with Crippen molar-refractivity contribution in [1.29, 1.82) is 0 Å². The minimum Gasteiger partial charge on any atom is -0.260 e. The molecule has 2 heterocycles. The number of allylic oxidation sites excluding steroid dienone is 5. The van der Waals surface area contributed by atoms with Crippen molar-refractivity contribution in [3.8, 4) is 0 Å². The Kier molecular flexibility index (Phi) is 2.37. The fourth-order valence-electron chi connectivity index (χ4n) is 2.14.